The van der Waals surface area contributed by atoms with Gasteiger partial charge in [0.05, 0.1) is 17.3 Å². The van der Waals surface area contributed by atoms with Gasteiger partial charge >= 0.3 is 0 Å². The molecular weight excluding hydrogens is 236 g/mol. The zero-order valence-electron chi connectivity index (χ0n) is 9.47. The molecule has 0 fully saturated rings. The summed E-state index contributed by atoms with van der Waals surface area (Å²) in [5.41, 5.74) is 8.48. The maximum absolute atomic E-state index is 5.60. The van der Waals surface area contributed by atoms with Crippen LogP contribution in [0.5, 0.6) is 0 Å². The normalized spacial score (nSPS) is 11.8. The lowest BCUT2D eigenvalue weighted by atomic mass is 10.1. The van der Waals surface area contributed by atoms with Crippen molar-refractivity contribution in [2.24, 2.45) is 17.8 Å². The average Bonchev–Trinajstić information content (AvgIpc) is 2.75. The quantitative estimate of drug-likeness (QED) is 0.515. The van der Waals surface area contributed by atoms with Gasteiger partial charge in [-0.25, -0.2) is 4.99 Å². The Kier molecular flexibility index (Phi) is 3.44. The van der Waals surface area contributed by atoms with Gasteiger partial charge in [-0.2, -0.15) is 5.10 Å². The first kappa shape index (κ1) is 11.7. The molecule has 0 saturated heterocycles. The van der Waals surface area contributed by atoms with Crippen LogP contribution in [0.4, 0.5) is 5.69 Å². The van der Waals surface area contributed by atoms with Gasteiger partial charge < -0.3 is 5.73 Å². The minimum Gasteiger partial charge on any atom is -0.386 e. The molecule has 4 nitrogen and oxygen atoms in total. The van der Waals surface area contributed by atoms with Crippen LogP contribution in [0.15, 0.2) is 41.5 Å². The van der Waals surface area contributed by atoms with Gasteiger partial charge in [0.1, 0.15) is 5.84 Å². The molecule has 0 radical (unpaired) electrons. The first-order chi connectivity index (χ1) is 8.20. The fourth-order valence-electron chi connectivity index (χ4n) is 1.59. The largest absolute Gasteiger partial charge is 0.386 e. The van der Waals surface area contributed by atoms with E-state index >= 15 is 0 Å². The molecule has 1 aromatic carbocycles. The number of aryl methyl sites for hydroxylation is 1. The number of hydrogen-bond donors (Lipinski definition) is 1. The number of rotatable bonds is 3. The molecule has 5 heteroatoms. The van der Waals surface area contributed by atoms with Crippen LogP contribution in [0.3, 0.4) is 0 Å². The Morgan fingerprint density at radius 1 is 1.47 bits per heavy atom. The summed E-state index contributed by atoms with van der Waals surface area (Å²) in [4.78, 5) is 4.21. The molecule has 0 aliphatic rings. The number of nitrogens with two attached hydrogens (primary N) is 1. The molecule has 0 atom stereocenters. The summed E-state index contributed by atoms with van der Waals surface area (Å²) < 4.78 is 1.81. The Morgan fingerprint density at radius 2 is 2.29 bits per heavy atom. The third-order valence-corrected chi connectivity index (χ3v) is 2.65. The summed E-state index contributed by atoms with van der Waals surface area (Å²) in [6.45, 7) is 0. The zero-order valence-corrected chi connectivity index (χ0v) is 10.2. The molecule has 2 aromatic rings. The van der Waals surface area contributed by atoms with Gasteiger partial charge in [-0.05, 0) is 18.2 Å². The molecule has 2 rings (SSSR count). The van der Waals surface area contributed by atoms with Gasteiger partial charge in [-0.15, -0.1) is 11.6 Å². The lowest BCUT2D eigenvalue weighted by Crippen LogP contribution is -2.12. The van der Waals surface area contributed by atoms with Gasteiger partial charge in [0, 0.05) is 18.8 Å². The Morgan fingerprint density at radius 3 is 2.94 bits per heavy atom. The van der Waals surface area contributed by atoms with Crippen LogP contribution in [-0.4, -0.2) is 21.5 Å². The van der Waals surface area contributed by atoms with Crippen molar-refractivity contribution in [1.29, 1.82) is 0 Å². The van der Waals surface area contributed by atoms with E-state index in [1.165, 1.54) is 0 Å². The van der Waals surface area contributed by atoms with Crippen molar-refractivity contribution in [2.75, 3.05) is 5.88 Å². The van der Waals surface area contributed by atoms with Crippen molar-refractivity contribution in [3.05, 3.63) is 36.5 Å². The highest BCUT2D eigenvalue weighted by molar-refractivity contribution is 6.28. The number of aliphatic imine (C=N–C) groups is 1. The predicted molar refractivity (Wildman–Crippen MR) is 70.6 cm³/mol. The summed E-state index contributed by atoms with van der Waals surface area (Å²) in [5.74, 6) is 0.643. The van der Waals surface area contributed by atoms with E-state index in [1.54, 1.807) is 6.20 Å². The Labute approximate surface area is 105 Å². The maximum Gasteiger partial charge on any atom is 0.115 e. The topological polar surface area (TPSA) is 56.2 Å². The summed E-state index contributed by atoms with van der Waals surface area (Å²) in [5, 5.41) is 4.13. The SMILES string of the molecule is Cn1nccc1-c1cccc(N=C(N)CCl)c1. The van der Waals surface area contributed by atoms with Crippen molar-refractivity contribution < 1.29 is 0 Å². The number of amidine groups is 1. The Hall–Kier alpha value is -1.81. The maximum atomic E-state index is 5.60. The molecule has 1 aromatic heterocycles. The third kappa shape index (κ3) is 2.65. The van der Waals surface area contributed by atoms with E-state index in [0.29, 0.717) is 5.84 Å². The molecule has 1 heterocycles. The van der Waals surface area contributed by atoms with E-state index in [4.69, 9.17) is 17.3 Å². The van der Waals surface area contributed by atoms with Crippen LogP contribution >= 0.6 is 11.6 Å². The summed E-state index contributed by atoms with van der Waals surface area (Å²) in [7, 11) is 1.90. The molecule has 0 spiro atoms. The first-order valence-electron chi connectivity index (χ1n) is 5.18. The number of hydrogen-bond acceptors (Lipinski definition) is 2. The smallest absolute Gasteiger partial charge is 0.115 e. The molecule has 0 saturated carbocycles. The lowest BCUT2D eigenvalue weighted by molar-refractivity contribution is 0.776. The highest BCUT2D eigenvalue weighted by Crippen LogP contribution is 2.23. The molecule has 0 aliphatic heterocycles. The minimum atomic E-state index is 0.232. The monoisotopic (exact) mass is 248 g/mol. The predicted octanol–water partition coefficient (Wildman–Crippen LogP) is 2.31. The molecule has 2 N–H and O–H groups in total. The van der Waals surface area contributed by atoms with Gasteiger partial charge in [0.15, 0.2) is 0 Å². The van der Waals surface area contributed by atoms with E-state index in [0.717, 1.165) is 16.9 Å². The number of nitrogens with zero attached hydrogens (tertiary/aromatic N) is 3. The van der Waals surface area contributed by atoms with Crippen LogP contribution < -0.4 is 5.73 Å². The van der Waals surface area contributed by atoms with E-state index in [2.05, 4.69) is 10.1 Å². The second-order valence-corrected chi connectivity index (χ2v) is 3.89. The van der Waals surface area contributed by atoms with Crippen molar-refractivity contribution in [1.82, 2.24) is 9.78 Å². The van der Waals surface area contributed by atoms with Crippen molar-refractivity contribution in [3.63, 3.8) is 0 Å². The van der Waals surface area contributed by atoms with E-state index in [9.17, 15) is 0 Å². The first-order valence-corrected chi connectivity index (χ1v) is 5.71. The number of benzene rings is 1. The molecule has 0 aliphatic carbocycles. The fourth-order valence-corrected chi connectivity index (χ4v) is 1.65. The second kappa shape index (κ2) is 5.01. The highest BCUT2D eigenvalue weighted by Gasteiger charge is 2.03. The molecular formula is C12H13ClN4. The van der Waals surface area contributed by atoms with E-state index in [1.807, 2.05) is 42.1 Å². The van der Waals surface area contributed by atoms with Gasteiger partial charge in [0.25, 0.3) is 0 Å². The average molecular weight is 249 g/mol. The summed E-state index contributed by atoms with van der Waals surface area (Å²) >= 11 is 5.60. The standard InChI is InChI=1S/C12H13ClN4/c1-17-11(5-6-15-17)9-3-2-4-10(7-9)16-12(14)8-13/h2-7H,8H2,1H3,(H2,14,16). The van der Waals surface area contributed by atoms with Crippen LogP contribution in [0.2, 0.25) is 0 Å². The van der Waals surface area contributed by atoms with E-state index < -0.39 is 0 Å². The van der Waals surface area contributed by atoms with Crippen LogP contribution in [-0.2, 0) is 7.05 Å². The van der Waals surface area contributed by atoms with Crippen molar-refractivity contribution in [3.8, 4) is 11.3 Å². The highest BCUT2D eigenvalue weighted by atomic mass is 35.5. The number of halogens is 1. The lowest BCUT2D eigenvalue weighted by Gasteiger charge is -2.03. The molecule has 0 amide bonds. The van der Waals surface area contributed by atoms with Gasteiger partial charge in [-0.1, -0.05) is 12.1 Å². The van der Waals surface area contributed by atoms with Gasteiger partial charge in [-0.3, -0.25) is 4.68 Å². The summed E-state index contributed by atoms with van der Waals surface area (Å²) in [6, 6.07) is 9.74. The molecule has 88 valence electrons. The summed E-state index contributed by atoms with van der Waals surface area (Å²) in [6.07, 6.45) is 1.76. The Balaban J connectivity index is 2.39. The van der Waals surface area contributed by atoms with Crippen LogP contribution in [0, 0.1) is 0 Å². The zero-order chi connectivity index (χ0) is 12.3. The number of alkyl halides is 1. The van der Waals surface area contributed by atoms with E-state index in [-0.39, 0.29) is 5.88 Å². The van der Waals surface area contributed by atoms with Crippen molar-refractivity contribution >= 4 is 23.1 Å². The second-order valence-electron chi connectivity index (χ2n) is 3.63. The minimum absolute atomic E-state index is 0.232. The van der Waals surface area contributed by atoms with Gasteiger partial charge in [0.2, 0.25) is 0 Å². The van der Waals surface area contributed by atoms with Crippen LogP contribution in [0.1, 0.15) is 0 Å². The number of aromatic nitrogens is 2. The molecule has 0 bridgehead atoms. The Bertz CT molecular complexity index is 545. The molecule has 17 heavy (non-hydrogen) atoms. The van der Waals surface area contributed by atoms with Crippen molar-refractivity contribution in [2.45, 2.75) is 0 Å². The fraction of sp³-hybridized carbons (Fsp3) is 0.167. The van der Waals surface area contributed by atoms with Crippen LogP contribution in [0.25, 0.3) is 11.3 Å². The molecule has 0 unspecified atom stereocenters. The third-order valence-electron chi connectivity index (χ3n) is 2.37.